The van der Waals surface area contributed by atoms with Gasteiger partial charge in [-0.25, -0.2) is 0 Å². The summed E-state index contributed by atoms with van der Waals surface area (Å²) in [6.07, 6.45) is 77.6. The first-order chi connectivity index (χ1) is 35.5. The van der Waals surface area contributed by atoms with Crippen LogP contribution in [0.2, 0.25) is 0 Å². The molecular formula is C66H125NO5. The summed E-state index contributed by atoms with van der Waals surface area (Å²) >= 11 is 0. The van der Waals surface area contributed by atoms with Crippen molar-refractivity contribution in [2.24, 2.45) is 0 Å². The molecule has 0 aromatic heterocycles. The SMILES string of the molecule is CCCCCCCC/C=C\CCCCCCCC(=O)OCCCCCCCCC/C=C\CCCCCCCC(=O)NC(CO)C(O)/C=C/CCCCCCCCCCCCCCCCCCCCCCCC. The fourth-order valence-corrected chi connectivity index (χ4v) is 9.92. The summed E-state index contributed by atoms with van der Waals surface area (Å²) in [6, 6.07) is -0.642. The van der Waals surface area contributed by atoms with Crippen molar-refractivity contribution < 1.29 is 24.5 Å². The number of carbonyl (C=O) groups is 2. The minimum Gasteiger partial charge on any atom is -0.466 e. The molecular weight excluding hydrogens is 887 g/mol. The normalized spacial score (nSPS) is 12.8. The Bertz CT molecular complexity index is 1170. The number of nitrogens with one attached hydrogen (secondary N) is 1. The fraction of sp³-hybridized carbons (Fsp3) is 0.879. The molecule has 0 spiro atoms. The lowest BCUT2D eigenvalue weighted by Gasteiger charge is -2.20. The smallest absolute Gasteiger partial charge is 0.305 e. The molecule has 0 radical (unpaired) electrons. The number of ether oxygens (including phenoxy) is 1. The van der Waals surface area contributed by atoms with Crippen LogP contribution in [0.15, 0.2) is 36.5 Å². The second kappa shape index (κ2) is 61.6. The van der Waals surface area contributed by atoms with Gasteiger partial charge in [0.05, 0.1) is 25.4 Å². The third-order valence-corrected chi connectivity index (χ3v) is 14.9. The molecule has 0 bridgehead atoms. The molecule has 0 aromatic carbocycles. The predicted octanol–water partition coefficient (Wildman–Crippen LogP) is 20.4. The van der Waals surface area contributed by atoms with Crippen LogP contribution in [0.3, 0.4) is 0 Å². The molecule has 1 amide bonds. The lowest BCUT2D eigenvalue weighted by Crippen LogP contribution is -2.45. The van der Waals surface area contributed by atoms with Gasteiger partial charge in [0.15, 0.2) is 0 Å². The number of esters is 1. The minimum atomic E-state index is -0.857. The maximum atomic E-state index is 12.5. The molecule has 0 aliphatic carbocycles. The monoisotopic (exact) mass is 1010 g/mol. The van der Waals surface area contributed by atoms with E-state index in [-0.39, 0.29) is 18.5 Å². The Morgan fingerprint density at radius 3 is 0.986 bits per heavy atom. The molecule has 6 heteroatoms. The molecule has 72 heavy (non-hydrogen) atoms. The van der Waals surface area contributed by atoms with Gasteiger partial charge in [-0.3, -0.25) is 9.59 Å². The molecule has 424 valence electrons. The number of rotatable bonds is 60. The molecule has 3 N–H and O–H groups in total. The number of unbranched alkanes of at least 4 members (excludes halogenated alkanes) is 45. The van der Waals surface area contributed by atoms with Gasteiger partial charge < -0.3 is 20.3 Å². The van der Waals surface area contributed by atoms with E-state index in [2.05, 4.69) is 43.5 Å². The van der Waals surface area contributed by atoms with E-state index < -0.39 is 12.1 Å². The average molecular weight is 1010 g/mol. The summed E-state index contributed by atoms with van der Waals surface area (Å²) in [6.45, 7) is 4.89. The molecule has 0 rings (SSSR count). The average Bonchev–Trinajstić information content (AvgIpc) is 3.38. The highest BCUT2D eigenvalue weighted by Gasteiger charge is 2.18. The van der Waals surface area contributed by atoms with Crippen molar-refractivity contribution in [3.8, 4) is 0 Å². The Kier molecular flexibility index (Phi) is 60.0. The zero-order chi connectivity index (χ0) is 52.2. The number of carbonyl (C=O) groups excluding carboxylic acids is 2. The van der Waals surface area contributed by atoms with Crippen LogP contribution in [0.4, 0.5) is 0 Å². The molecule has 2 atom stereocenters. The van der Waals surface area contributed by atoms with Crippen molar-refractivity contribution in [2.75, 3.05) is 13.2 Å². The highest BCUT2D eigenvalue weighted by molar-refractivity contribution is 5.76. The molecule has 0 saturated heterocycles. The Labute approximate surface area is 449 Å². The summed E-state index contributed by atoms with van der Waals surface area (Å²) in [5.41, 5.74) is 0. The molecule has 0 aliphatic heterocycles. The van der Waals surface area contributed by atoms with Crippen LogP contribution < -0.4 is 5.32 Å². The summed E-state index contributed by atoms with van der Waals surface area (Å²) in [5.74, 6) is -0.0936. The highest BCUT2D eigenvalue weighted by Crippen LogP contribution is 2.17. The lowest BCUT2D eigenvalue weighted by atomic mass is 10.0. The zero-order valence-electron chi connectivity index (χ0n) is 48.4. The third kappa shape index (κ3) is 57.4. The third-order valence-electron chi connectivity index (χ3n) is 14.9. The van der Waals surface area contributed by atoms with Gasteiger partial charge in [-0.1, -0.05) is 288 Å². The topological polar surface area (TPSA) is 95.9 Å². The Balaban J connectivity index is 3.49. The Morgan fingerprint density at radius 2 is 0.653 bits per heavy atom. The van der Waals surface area contributed by atoms with E-state index in [4.69, 9.17) is 4.74 Å². The van der Waals surface area contributed by atoms with Crippen LogP contribution in [-0.2, 0) is 14.3 Å². The number of aliphatic hydroxyl groups excluding tert-OH is 2. The van der Waals surface area contributed by atoms with Crippen LogP contribution in [0.5, 0.6) is 0 Å². The maximum absolute atomic E-state index is 12.5. The van der Waals surface area contributed by atoms with Crippen molar-refractivity contribution in [1.29, 1.82) is 0 Å². The van der Waals surface area contributed by atoms with Crippen LogP contribution >= 0.6 is 0 Å². The van der Waals surface area contributed by atoms with Crippen molar-refractivity contribution in [3.63, 3.8) is 0 Å². The van der Waals surface area contributed by atoms with Crippen LogP contribution in [0.1, 0.15) is 348 Å². The van der Waals surface area contributed by atoms with Gasteiger partial charge in [0.25, 0.3) is 0 Å². The number of allylic oxidation sites excluding steroid dienone is 5. The van der Waals surface area contributed by atoms with Gasteiger partial charge in [0.2, 0.25) is 5.91 Å². The number of hydrogen-bond donors (Lipinski definition) is 3. The van der Waals surface area contributed by atoms with Gasteiger partial charge in [-0.2, -0.15) is 0 Å². The van der Waals surface area contributed by atoms with Gasteiger partial charge in [-0.05, 0) is 83.5 Å². The van der Waals surface area contributed by atoms with E-state index in [1.165, 1.54) is 257 Å². The predicted molar refractivity (Wildman–Crippen MR) is 315 cm³/mol. The standard InChI is InChI=1S/C66H125NO5/c1-3-5-7-9-11-13-15-17-19-20-21-22-23-24-25-26-27-31-34-38-42-46-50-54-58-64(69)63(62-68)67-65(70)59-55-51-47-43-39-35-32-28-29-33-37-41-45-49-53-57-61-72-66(71)60-56-52-48-44-40-36-30-18-16-14-12-10-8-6-4-2/h18,28,30,32,54,58,63-64,68-69H,3-17,19-27,29,31,33-53,55-57,59-62H2,1-2H3,(H,67,70)/b30-18-,32-28-,58-54+. The Hall–Kier alpha value is -1.92. The van der Waals surface area contributed by atoms with E-state index in [0.717, 1.165) is 64.2 Å². The molecule has 6 nitrogen and oxygen atoms in total. The Morgan fingerprint density at radius 1 is 0.375 bits per heavy atom. The van der Waals surface area contributed by atoms with Crippen LogP contribution in [0, 0.1) is 0 Å². The van der Waals surface area contributed by atoms with Crippen LogP contribution in [-0.4, -0.2) is 47.4 Å². The summed E-state index contributed by atoms with van der Waals surface area (Å²) in [5, 5.41) is 23.2. The second-order valence-electron chi connectivity index (χ2n) is 22.1. The zero-order valence-corrected chi connectivity index (χ0v) is 48.4. The molecule has 2 unspecified atom stereocenters. The lowest BCUT2D eigenvalue weighted by molar-refractivity contribution is -0.143. The van der Waals surface area contributed by atoms with Crippen molar-refractivity contribution in [3.05, 3.63) is 36.5 Å². The maximum Gasteiger partial charge on any atom is 0.305 e. The highest BCUT2D eigenvalue weighted by atomic mass is 16.5. The second-order valence-corrected chi connectivity index (χ2v) is 22.1. The van der Waals surface area contributed by atoms with Gasteiger partial charge in [-0.15, -0.1) is 0 Å². The number of hydrogen-bond acceptors (Lipinski definition) is 5. The number of aliphatic hydroxyl groups is 2. The summed E-state index contributed by atoms with van der Waals surface area (Å²) in [4.78, 5) is 24.6. The van der Waals surface area contributed by atoms with Gasteiger partial charge in [0.1, 0.15) is 0 Å². The van der Waals surface area contributed by atoms with E-state index in [9.17, 15) is 19.8 Å². The first-order valence-corrected chi connectivity index (χ1v) is 32.3. The summed E-state index contributed by atoms with van der Waals surface area (Å²) in [7, 11) is 0. The van der Waals surface area contributed by atoms with Gasteiger partial charge in [0, 0.05) is 12.8 Å². The largest absolute Gasteiger partial charge is 0.466 e. The first kappa shape index (κ1) is 70.1. The number of amides is 1. The van der Waals surface area contributed by atoms with Gasteiger partial charge >= 0.3 is 5.97 Å². The quantitative estimate of drug-likeness (QED) is 0.0320. The first-order valence-electron chi connectivity index (χ1n) is 32.3. The molecule has 0 aromatic rings. The van der Waals surface area contributed by atoms with E-state index in [1.807, 2.05) is 6.08 Å². The van der Waals surface area contributed by atoms with Crippen molar-refractivity contribution >= 4 is 11.9 Å². The fourth-order valence-electron chi connectivity index (χ4n) is 9.92. The minimum absolute atomic E-state index is 0.0113. The summed E-state index contributed by atoms with van der Waals surface area (Å²) < 4.78 is 5.47. The molecule has 0 saturated carbocycles. The van der Waals surface area contributed by atoms with E-state index >= 15 is 0 Å². The molecule has 0 fully saturated rings. The van der Waals surface area contributed by atoms with Crippen molar-refractivity contribution in [2.45, 2.75) is 360 Å². The van der Waals surface area contributed by atoms with E-state index in [1.54, 1.807) is 6.08 Å². The van der Waals surface area contributed by atoms with Crippen LogP contribution in [0.25, 0.3) is 0 Å². The van der Waals surface area contributed by atoms with E-state index in [0.29, 0.717) is 19.4 Å². The molecule has 0 aliphatic rings. The molecule has 0 heterocycles. The van der Waals surface area contributed by atoms with Crippen molar-refractivity contribution in [1.82, 2.24) is 5.32 Å².